The van der Waals surface area contributed by atoms with Crippen LogP contribution in [0, 0.1) is 0 Å². The summed E-state index contributed by atoms with van der Waals surface area (Å²) in [4.78, 5) is 35.7. The molecule has 120 valence electrons. The second-order valence-corrected chi connectivity index (χ2v) is 4.95. The molecule has 1 unspecified atom stereocenters. The number of morpholine rings is 1. The lowest BCUT2D eigenvalue weighted by Crippen LogP contribution is -2.52. The van der Waals surface area contributed by atoms with Crippen molar-refractivity contribution in [1.82, 2.24) is 15.5 Å². The molecule has 21 heavy (non-hydrogen) atoms. The summed E-state index contributed by atoms with van der Waals surface area (Å²) in [5, 5.41) is 13.7. The van der Waals surface area contributed by atoms with E-state index in [-0.39, 0.29) is 25.6 Å². The van der Waals surface area contributed by atoms with Gasteiger partial charge in [0.2, 0.25) is 5.91 Å². The molecule has 1 heterocycles. The number of ether oxygens (including phenoxy) is 1. The molecule has 0 radical (unpaired) electrons. The van der Waals surface area contributed by atoms with Crippen LogP contribution >= 0.6 is 0 Å². The first-order chi connectivity index (χ1) is 10.0. The number of urea groups is 1. The van der Waals surface area contributed by atoms with Crippen LogP contribution in [0.3, 0.4) is 0 Å². The van der Waals surface area contributed by atoms with E-state index in [4.69, 9.17) is 9.84 Å². The van der Waals surface area contributed by atoms with Crippen molar-refractivity contribution in [3.8, 4) is 0 Å². The minimum absolute atomic E-state index is 0.0114. The lowest BCUT2D eigenvalue weighted by molar-refractivity contribution is -0.141. The zero-order chi connectivity index (χ0) is 15.7. The summed E-state index contributed by atoms with van der Waals surface area (Å²) in [7, 11) is 0. The van der Waals surface area contributed by atoms with Crippen LogP contribution in [0.2, 0.25) is 0 Å². The first kappa shape index (κ1) is 17.4. The number of carboxylic acid groups (broad SMARTS) is 1. The molecule has 0 saturated carbocycles. The van der Waals surface area contributed by atoms with Crippen molar-refractivity contribution < 1.29 is 24.2 Å². The molecule has 8 nitrogen and oxygen atoms in total. The van der Waals surface area contributed by atoms with Crippen LogP contribution in [0.4, 0.5) is 4.79 Å². The molecule has 1 fully saturated rings. The summed E-state index contributed by atoms with van der Waals surface area (Å²) in [6.45, 7) is 3.72. The lowest BCUT2D eigenvalue weighted by atomic mass is 10.1. The van der Waals surface area contributed by atoms with E-state index in [1.807, 2.05) is 6.92 Å². The number of rotatable bonds is 7. The first-order valence-corrected chi connectivity index (χ1v) is 7.14. The predicted octanol–water partition coefficient (Wildman–Crippen LogP) is -0.212. The number of imide groups is 1. The molecule has 3 amide bonds. The van der Waals surface area contributed by atoms with Gasteiger partial charge in [0.25, 0.3) is 0 Å². The van der Waals surface area contributed by atoms with Crippen molar-refractivity contribution in [2.24, 2.45) is 0 Å². The normalized spacial score (nSPS) is 19.0. The SMILES string of the molecule is CCCCNC(=O)NC(=O)CN1CCOCC1CC(=O)O. The van der Waals surface area contributed by atoms with Gasteiger partial charge in [-0.2, -0.15) is 0 Å². The van der Waals surface area contributed by atoms with Gasteiger partial charge in [-0.05, 0) is 6.42 Å². The van der Waals surface area contributed by atoms with Gasteiger partial charge in [-0.25, -0.2) is 4.79 Å². The van der Waals surface area contributed by atoms with Crippen LogP contribution in [-0.4, -0.2) is 66.8 Å². The average molecular weight is 301 g/mol. The molecular formula is C13H23N3O5. The van der Waals surface area contributed by atoms with Gasteiger partial charge in [0, 0.05) is 19.1 Å². The summed E-state index contributed by atoms with van der Waals surface area (Å²) in [6, 6.07) is -0.860. The molecule has 8 heteroatoms. The number of nitrogens with one attached hydrogen (secondary N) is 2. The number of aliphatic carboxylic acids is 1. The van der Waals surface area contributed by atoms with E-state index in [2.05, 4.69) is 10.6 Å². The molecule has 0 aromatic rings. The highest BCUT2D eigenvalue weighted by Gasteiger charge is 2.27. The highest BCUT2D eigenvalue weighted by molar-refractivity contribution is 5.95. The van der Waals surface area contributed by atoms with Gasteiger partial charge in [0.1, 0.15) is 0 Å². The number of unbranched alkanes of at least 4 members (excludes halogenated alkanes) is 1. The Kier molecular flexibility index (Phi) is 7.70. The van der Waals surface area contributed by atoms with E-state index < -0.39 is 17.9 Å². The van der Waals surface area contributed by atoms with Gasteiger partial charge >= 0.3 is 12.0 Å². The van der Waals surface area contributed by atoms with E-state index >= 15 is 0 Å². The summed E-state index contributed by atoms with van der Waals surface area (Å²) < 4.78 is 5.23. The Morgan fingerprint density at radius 1 is 1.38 bits per heavy atom. The number of carboxylic acids is 1. The Bertz CT molecular complexity index is 375. The summed E-state index contributed by atoms with van der Waals surface area (Å²) in [5.74, 6) is -1.38. The summed E-state index contributed by atoms with van der Waals surface area (Å²) >= 11 is 0. The monoisotopic (exact) mass is 301 g/mol. The molecule has 1 aliphatic heterocycles. The highest BCUT2D eigenvalue weighted by atomic mass is 16.5. The Hall–Kier alpha value is -1.67. The molecule has 0 aliphatic carbocycles. The highest BCUT2D eigenvalue weighted by Crippen LogP contribution is 2.10. The Morgan fingerprint density at radius 2 is 2.14 bits per heavy atom. The fourth-order valence-electron chi connectivity index (χ4n) is 2.06. The van der Waals surface area contributed by atoms with E-state index in [1.165, 1.54) is 0 Å². The van der Waals surface area contributed by atoms with Crippen molar-refractivity contribution in [1.29, 1.82) is 0 Å². The summed E-state index contributed by atoms with van der Waals surface area (Å²) in [6.07, 6.45) is 1.72. The van der Waals surface area contributed by atoms with Gasteiger partial charge in [0.15, 0.2) is 0 Å². The molecule has 1 rings (SSSR count). The van der Waals surface area contributed by atoms with Crippen molar-refractivity contribution in [2.45, 2.75) is 32.2 Å². The van der Waals surface area contributed by atoms with Crippen molar-refractivity contribution in [2.75, 3.05) is 32.8 Å². The fourth-order valence-corrected chi connectivity index (χ4v) is 2.06. The molecule has 3 N–H and O–H groups in total. The molecule has 1 aliphatic rings. The zero-order valence-corrected chi connectivity index (χ0v) is 12.3. The Labute approximate surface area is 123 Å². The second kappa shape index (κ2) is 9.30. The largest absolute Gasteiger partial charge is 0.481 e. The molecule has 0 aromatic carbocycles. The topological polar surface area (TPSA) is 108 Å². The van der Waals surface area contributed by atoms with Crippen LogP contribution < -0.4 is 10.6 Å². The molecule has 0 bridgehead atoms. The number of carbonyl (C=O) groups excluding carboxylic acids is 2. The third-order valence-corrected chi connectivity index (χ3v) is 3.18. The number of nitrogens with zero attached hydrogens (tertiary/aromatic N) is 1. The minimum Gasteiger partial charge on any atom is -0.481 e. The third-order valence-electron chi connectivity index (χ3n) is 3.18. The molecular weight excluding hydrogens is 278 g/mol. The molecule has 0 spiro atoms. The van der Waals surface area contributed by atoms with Crippen molar-refractivity contribution in [3.63, 3.8) is 0 Å². The summed E-state index contributed by atoms with van der Waals surface area (Å²) in [5.41, 5.74) is 0. The molecule has 0 aromatic heterocycles. The van der Waals surface area contributed by atoms with Crippen LogP contribution in [0.5, 0.6) is 0 Å². The van der Waals surface area contributed by atoms with Crippen LogP contribution in [0.25, 0.3) is 0 Å². The van der Waals surface area contributed by atoms with Gasteiger partial charge < -0.3 is 15.2 Å². The smallest absolute Gasteiger partial charge is 0.321 e. The van der Waals surface area contributed by atoms with E-state index in [9.17, 15) is 14.4 Å². The lowest BCUT2D eigenvalue weighted by Gasteiger charge is -2.33. The van der Waals surface area contributed by atoms with Crippen LogP contribution in [0.1, 0.15) is 26.2 Å². The predicted molar refractivity (Wildman–Crippen MR) is 74.9 cm³/mol. The molecule has 1 atom stereocenters. The van der Waals surface area contributed by atoms with E-state index in [0.717, 1.165) is 12.8 Å². The number of carbonyl (C=O) groups is 3. The maximum absolute atomic E-state index is 11.8. The third kappa shape index (κ3) is 7.05. The Balaban J connectivity index is 2.37. The van der Waals surface area contributed by atoms with Crippen LogP contribution in [0.15, 0.2) is 0 Å². The number of hydrogen-bond donors (Lipinski definition) is 3. The van der Waals surface area contributed by atoms with Crippen molar-refractivity contribution >= 4 is 17.9 Å². The van der Waals surface area contributed by atoms with Gasteiger partial charge in [-0.1, -0.05) is 13.3 Å². The van der Waals surface area contributed by atoms with Gasteiger partial charge in [-0.3, -0.25) is 19.8 Å². The van der Waals surface area contributed by atoms with Crippen molar-refractivity contribution in [3.05, 3.63) is 0 Å². The Morgan fingerprint density at radius 3 is 2.81 bits per heavy atom. The van der Waals surface area contributed by atoms with Crippen LogP contribution in [-0.2, 0) is 14.3 Å². The average Bonchev–Trinajstić information content (AvgIpc) is 2.40. The first-order valence-electron chi connectivity index (χ1n) is 7.14. The quantitative estimate of drug-likeness (QED) is 0.561. The minimum atomic E-state index is -0.937. The number of amides is 3. The maximum atomic E-state index is 11.8. The second-order valence-electron chi connectivity index (χ2n) is 4.95. The van der Waals surface area contributed by atoms with Gasteiger partial charge in [0.05, 0.1) is 26.2 Å². The van der Waals surface area contributed by atoms with E-state index in [0.29, 0.717) is 19.7 Å². The maximum Gasteiger partial charge on any atom is 0.321 e. The standard InChI is InChI=1S/C13H23N3O5/c1-2-3-4-14-13(20)15-11(17)8-16-5-6-21-9-10(16)7-12(18)19/h10H,2-9H2,1H3,(H,18,19)(H2,14,15,17,20). The molecule has 1 saturated heterocycles. The fraction of sp³-hybridized carbons (Fsp3) is 0.769. The number of hydrogen-bond acceptors (Lipinski definition) is 5. The zero-order valence-electron chi connectivity index (χ0n) is 12.3. The van der Waals surface area contributed by atoms with Gasteiger partial charge in [-0.15, -0.1) is 0 Å². The van der Waals surface area contributed by atoms with E-state index in [1.54, 1.807) is 4.90 Å².